The summed E-state index contributed by atoms with van der Waals surface area (Å²) in [4.78, 5) is 0. The Kier molecular flexibility index (Phi) is 3.29. The molecular formula is C15H14Cl2N2. The van der Waals surface area contributed by atoms with Gasteiger partial charge in [0.2, 0.25) is 0 Å². The van der Waals surface area contributed by atoms with E-state index in [0.717, 1.165) is 17.8 Å². The first-order valence-electron chi connectivity index (χ1n) is 6.27. The number of aryl methyl sites for hydroxylation is 2. The Morgan fingerprint density at radius 1 is 0.947 bits per heavy atom. The van der Waals surface area contributed by atoms with Crippen LogP contribution in [0.2, 0.25) is 10.0 Å². The van der Waals surface area contributed by atoms with Crippen molar-refractivity contribution < 1.29 is 0 Å². The molecule has 2 aromatic carbocycles. The van der Waals surface area contributed by atoms with Gasteiger partial charge in [0, 0.05) is 5.69 Å². The summed E-state index contributed by atoms with van der Waals surface area (Å²) < 4.78 is 0. The molecule has 3 N–H and O–H groups in total. The molecule has 0 saturated heterocycles. The predicted octanol–water partition coefficient (Wildman–Crippen LogP) is 4.81. The molecule has 0 aliphatic heterocycles. The lowest BCUT2D eigenvalue weighted by Crippen LogP contribution is -1.97. The summed E-state index contributed by atoms with van der Waals surface area (Å²) in [7, 11) is 0. The molecule has 0 aromatic heterocycles. The Morgan fingerprint density at radius 3 is 2.53 bits per heavy atom. The summed E-state index contributed by atoms with van der Waals surface area (Å²) >= 11 is 11.9. The molecule has 19 heavy (non-hydrogen) atoms. The van der Waals surface area contributed by atoms with Gasteiger partial charge in [-0.15, -0.1) is 0 Å². The first-order valence-corrected chi connectivity index (χ1v) is 7.02. The van der Waals surface area contributed by atoms with E-state index in [1.807, 2.05) is 0 Å². The Bertz CT molecular complexity index is 638. The molecule has 4 heteroatoms. The zero-order valence-electron chi connectivity index (χ0n) is 10.3. The molecule has 0 amide bonds. The Labute approximate surface area is 122 Å². The van der Waals surface area contributed by atoms with Crippen LogP contribution < -0.4 is 11.1 Å². The van der Waals surface area contributed by atoms with E-state index in [2.05, 4.69) is 23.5 Å². The van der Waals surface area contributed by atoms with Gasteiger partial charge in [-0.25, -0.2) is 0 Å². The Balaban J connectivity index is 1.91. The highest BCUT2D eigenvalue weighted by molar-refractivity contribution is 6.42. The second-order valence-electron chi connectivity index (χ2n) is 4.82. The highest BCUT2D eigenvalue weighted by Crippen LogP contribution is 2.33. The van der Waals surface area contributed by atoms with Gasteiger partial charge in [-0.2, -0.15) is 0 Å². The Morgan fingerprint density at radius 2 is 1.68 bits per heavy atom. The van der Waals surface area contributed by atoms with Crippen molar-refractivity contribution in [2.24, 2.45) is 0 Å². The van der Waals surface area contributed by atoms with E-state index in [9.17, 15) is 0 Å². The minimum Gasteiger partial charge on any atom is -0.397 e. The summed E-state index contributed by atoms with van der Waals surface area (Å²) in [5.74, 6) is 0. The highest BCUT2D eigenvalue weighted by Gasteiger charge is 2.11. The maximum atomic E-state index is 6.02. The third-order valence-corrected chi connectivity index (χ3v) is 4.19. The number of nitrogens with two attached hydrogens (primary N) is 1. The van der Waals surface area contributed by atoms with Crippen LogP contribution in [0, 0.1) is 0 Å². The average molecular weight is 293 g/mol. The molecule has 3 rings (SSSR count). The lowest BCUT2D eigenvalue weighted by molar-refractivity contribution is 0.912. The number of halogens is 2. The summed E-state index contributed by atoms with van der Waals surface area (Å²) in [6.07, 6.45) is 3.58. The van der Waals surface area contributed by atoms with Crippen LogP contribution in [0.1, 0.15) is 17.5 Å². The van der Waals surface area contributed by atoms with Gasteiger partial charge in [0.05, 0.1) is 21.4 Å². The summed E-state index contributed by atoms with van der Waals surface area (Å²) in [5.41, 5.74) is 11.2. The maximum absolute atomic E-state index is 6.02. The van der Waals surface area contributed by atoms with Gasteiger partial charge >= 0.3 is 0 Å². The molecule has 98 valence electrons. The van der Waals surface area contributed by atoms with Crippen LogP contribution in [-0.2, 0) is 12.8 Å². The van der Waals surface area contributed by atoms with Gasteiger partial charge in [-0.3, -0.25) is 0 Å². The topological polar surface area (TPSA) is 38.0 Å². The van der Waals surface area contributed by atoms with E-state index in [1.165, 1.54) is 24.0 Å². The molecule has 0 atom stereocenters. The number of rotatable bonds is 2. The van der Waals surface area contributed by atoms with E-state index in [-0.39, 0.29) is 0 Å². The van der Waals surface area contributed by atoms with Gasteiger partial charge in [0.15, 0.2) is 0 Å². The van der Waals surface area contributed by atoms with Crippen molar-refractivity contribution in [3.05, 3.63) is 51.5 Å². The van der Waals surface area contributed by atoms with Gasteiger partial charge in [-0.1, -0.05) is 29.3 Å². The largest absolute Gasteiger partial charge is 0.397 e. The van der Waals surface area contributed by atoms with Crippen molar-refractivity contribution >= 4 is 40.3 Å². The normalized spacial score (nSPS) is 13.4. The third-order valence-electron chi connectivity index (χ3n) is 3.47. The van der Waals surface area contributed by atoms with Crippen LogP contribution in [0.3, 0.4) is 0 Å². The summed E-state index contributed by atoms with van der Waals surface area (Å²) in [5, 5.41) is 4.27. The van der Waals surface area contributed by atoms with Crippen LogP contribution in [0.5, 0.6) is 0 Å². The number of hydrogen-bond acceptors (Lipinski definition) is 2. The molecule has 0 fully saturated rings. The summed E-state index contributed by atoms with van der Waals surface area (Å²) in [6.45, 7) is 0. The minimum atomic E-state index is 0.471. The van der Waals surface area contributed by atoms with E-state index >= 15 is 0 Å². The van der Waals surface area contributed by atoms with Crippen molar-refractivity contribution in [2.75, 3.05) is 11.1 Å². The van der Waals surface area contributed by atoms with E-state index < -0.39 is 0 Å². The number of benzene rings is 2. The van der Waals surface area contributed by atoms with Crippen LogP contribution in [0.4, 0.5) is 17.1 Å². The SMILES string of the molecule is Nc1cc(Cl)c(Cl)cc1Nc1ccc2c(c1)CCC2. The smallest absolute Gasteiger partial charge is 0.0633 e. The second kappa shape index (κ2) is 4.95. The lowest BCUT2D eigenvalue weighted by atomic mass is 10.1. The zero-order chi connectivity index (χ0) is 13.4. The number of nitrogen functional groups attached to an aromatic ring is 1. The third kappa shape index (κ3) is 2.51. The van der Waals surface area contributed by atoms with E-state index in [4.69, 9.17) is 28.9 Å². The minimum absolute atomic E-state index is 0.471. The maximum Gasteiger partial charge on any atom is 0.0633 e. The number of anilines is 3. The monoisotopic (exact) mass is 292 g/mol. The summed E-state index contributed by atoms with van der Waals surface area (Å²) in [6, 6.07) is 9.86. The van der Waals surface area contributed by atoms with Crippen LogP contribution in [-0.4, -0.2) is 0 Å². The van der Waals surface area contributed by atoms with Gasteiger partial charge < -0.3 is 11.1 Å². The molecule has 2 aromatic rings. The number of hydrogen-bond donors (Lipinski definition) is 2. The van der Waals surface area contributed by atoms with Crippen molar-refractivity contribution in [3.8, 4) is 0 Å². The molecule has 1 aliphatic carbocycles. The highest BCUT2D eigenvalue weighted by atomic mass is 35.5. The number of fused-ring (bicyclic) bond motifs is 1. The van der Waals surface area contributed by atoms with Crippen LogP contribution in [0.15, 0.2) is 30.3 Å². The number of nitrogens with one attached hydrogen (secondary N) is 1. The lowest BCUT2D eigenvalue weighted by Gasteiger charge is -2.12. The van der Waals surface area contributed by atoms with Crippen LogP contribution in [0.25, 0.3) is 0 Å². The molecule has 0 heterocycles. The molecule has 1 aliphatic rings. The molecule has 0 saturated carbocycles. The van der Waals surface area contributed by atoms with E-state index in [1.54, 1.807) is 12.1 Å². The van der Waals surface area contributed by atoms with Crippen molar-refractivity contribution in [1.82, 2.24) is 0 Å². The first kappa shape index (κ1) is 12.6. The standard InChI is InChI=1S/C15H14Cl2N2/c16-12-7-14(18)15(8-13(12)17)19-11-5-4-9-2-1-3-10(9)6-11/h4-8,19H,1-3,18H2. The first-order chi connectivity index (χ1) is 9.13. The van der Waals surface area contributed by atoms with Gasteiger partial charge in [0.25, 0.3) is 0 Å². The molecule has 0 radical (unpaired) electrons. The molecular weight excluding hydrogens is 279 g/mol. The molecule has 0 spiro atoms. The van der Waals surface area contributed by atoms with Gasteiger partial charge in [0.1, 0.15) is 0 Å². The second-order valence-corrected chi connectivity index (χ2v) is 5.63. The molecule has 0 unspecified atom stereocenters. The average Bonchev–Trinajstić information content (AvgIpc) is 2.83. The van der Waals surface area contributed by atoms with Crippen molar-refractivity contribution in [3.63, 3.8) is 0 Å². The quantitative estimate of drug-likeness (QED) is 0.780. The zero-order valence-corrected chi connectivity index (χ0v) is 11.9. The van der Waals surface area contributed by atoms with E-state index in [0.29, 0.717) is 15.7 Å². The fraction of sp³-hybridized carbons (Fsp3) is 0.200. The van der Waals surface area contributed by atoms with Crippen molar-refractivity contribution in [2.45, 2.75) is 19.3 Å². The van der Waals surface area contributed by atoms with Crippen LogP contribution >= 0.6 is 23.2 Å². The van der Waals surface area contributed by atoms with Crippen molar-refractivity contribution in [1.29, 1.82) is 0 Å². The predicted molar refractivity (Wildman–Crippen MR) is 82.6 cm³/mol. The van der Waals surface area contributed by atoms with Gasteiger partial charge in [-0.05, 0) is 54.7 Å². The fourth-order valence-electron chi connectivity index (χ4n) is 2.48. The molecule has 2 nitrogen and oxygen atoms in total. The molecule has 0 bridgehead atoms. The Hall–Kier alpha value is -1.38. The fourth-order valence-corrected chi connectivity index (χ4v) is 2.81.